The first-order chi connectivity index (χ1) is 10.1. The van der Waals surface area contributed by atoms with Crippen molar-refractivity contribution in [3.05, 3.63) is 59.6 Å². The maximum atomic E-state index is 13.5. The Morgan fingerprint density at radius 1 is 1.29 bits per heavy atom. The number of furan rings is 1. The van der Waals surface area contributed by atoms with E-state index in [0.29, 0.717) is 0 Å². The van der Waals surface area contributed by atoms with Crippen LogP contribution in [-0.4, -0.2) is 17.7 Å². The predicted molar refractivity (Wildman–Crippen MR) is 75.8 cm³/mol. The molecule has 0 bridgehead atoms. The summed E-state index contributed by atoms with van der Waals surface area (Å²) in [6, 6.07) is 6.95. The summed E-state index contributed by atoms with van der Waals surface area (Å²) in [5, 5.41) is 13.0. The molecular formula is C16H19F2NO2. The van der Waals surface area contributed by atoms with Crippen molar-refractivity contribution < 1.29 is 18.3 Å². The van der Waals surface area contributed by atoms with E-state index in [1.165, 1.54) is 0 Å². The van der Waals surface area contributed by atoms with E-state index in [1.807, 2.05) is 19.1 Å². The highest BCUT2D eigenvalue weighted by atomic mass is 19.1. The smallest absolute Gasteiger partial charge is 0.129 e. The standard InChI is InChI=1S/C16H19F2NO2/c1-11(4-6-13-3-2-8-21-13)19-10-16(20)14-9-12(17)5-7-15(14)18/h2-3,5,7-9,11,16,19-20H,4,6,10H2,1H3. The lowest BCUT2D eigenvalue weighted by atomic mass is 10.1. The summed E-state index contributed by atoms with van der Waals surface area (Å²) in [5.74, 6) is -0.259. The molecule has 1 heterocycles. The number of rotatable bonds is 7. The molecule has 0 aliphatic carbocycles. The van der Waals surface area contributed by atoms with Gasteiger partial charge in [0, 0.05) is 24.6 Å². The van der Waals surface area contributed by atoms with Gasteiger partial charge in [0.25, 0.3) is 0 Å². The summed E-state index contributed by atoms with van der Waals surface area (Å²) >= 11 is 0. The lowest BCUT2D eigenvalue weighted by Crippen LogP contribution is -2.31. The molecule has 0 aliphatic heterocycles. The van der Waals surface area contributed by atoms with E-state index in [4.69, 9.17) is 4.42 Å². The van der Waals surface area contributed by atoms with Crippen molar-refractivity contribution in [1.82, 2.24) is 5.32 Å². The van der Waals surface area contributed by atoms with Crippen LogP contribution in [0.4, 0.5) is 8.78 Å². The highest BCUT2D eigenvalue weighted by Crippen LogP contribution is 2.18. The minimum atomic E-state index is -1.08. The third-order valence-corrected chi connectivity index (χ3v) is 3.38. The molecule has 3 nitrogen and oxygen atoms in total. The van der Waals surface area contributed by atoms with Gasteiger partial charge in [-0.3, -0.25) is 0 Å². The molecule has 21 heavy (non-hydrogen) atoms. The average Bonchev–Trinajstić information content (AvgIpc) is 2.98. The van der Waals surface area contributed by atoms with Crippen LogP contribution in [0, 0.1) is 11.6 Å². The molecule has 5 heteroatoms. The monoisotopic (exact) mass is 295 g/mol. The second-order valence-corrected chi connectivity index (χ2v) is 5.11. The molecular weight excluding hydrogens is 276 g/mol. The molecule has 0 aliphatic rings. The minimum absolute atomic E-state index is 0.0271. The van der Waals surface area contributed by atoms with E-state index >= 15 is 0 Å². The molecule has 2 unspecified atom stereocenters. The molecule has 2 atom stereocenters. The number of hydrogen-bond donors (Lipinski definition) is 2. The zero-order valence-corrected chi connectivity index (χ0v) is 11.9. The molecule has 2 N–H and O–H groups in total. The van der Waals surface area contributed by atoms with Gasteiger partial charge in [-0.05, 0) is 43.7 Å². The Morgan fingerprint density at radius 3 is 2.81 bits per heavy atom. The molecule has 2 aromatic rings. The van der Waals surface area contributed by atoms with Gasteiger partial charge in [-0.2, -0.15) is 0 Å². The summed E-state index contributed by atoms with van der Waals surface area (Å²) in [6.07, 6.45) is 2.16. The Bertz CT molecular complexity index is 557. The number of nitrogens with one attached hydrogen (secondary N) is 1. The first-order valence-corrected chi connectivity index (χ1v) is 6.95. The number of aliphatic hydroxyl groups excluding tert-OH is 1. The van der Waals surface area contributed by atoms with Crippen LogP contribution in [0.5, 0.6) is 0 Å². The van der Waals surface area contributed by atoms with E-state index in [2.05, 4.69) is 5.32 Å². The lowest BCUT2D eigenvalue weighted by Gasteiger charge is -2.17. The molecule has 0 spiro atoms. The zero-order chi connectivity index (χ0) is 15.2. The summed E-state index contributed by atoms with van der Waals surface area (Å²) in [6.45, 7) is 2.14. The number of halogens is 2. The van der Waals surface area contributed by atoms with Crippen molar-refractivity contribution in [2.45, 2.75) is 31.9 Å². The van der Waals surface area contributed by atoms with Gasteiger partial charge in [0.2, 0.25) is 0 Å². The SMILES string of the molecule is CC(CCc1ccco1)NCC(O)c1cc(F)ccc1F. The van der Waals surface area contributed by atoms with Gasteiger partial charge in [-0.1, -0.05) is 0 Å². The molecule has 1 aromatic carbocycles. The highest BCUT2D eigenvalue weighted by Gasteiger charge is 2.15. The Labute approximate surface area is 122 Å². The Morgan fingerprint density at radius 2 is 2.10 bits per heavy atom. The fourth-order valence-corrected chi connectivity index (χ4v) is 2.11. The van der Waals surface area contributed by atoms with E-state index < -0.39 is 17.7 Å². The Kier molecular flexibility index (Phi) is 5.47. The molecule has 0 saturated carbocycles. The van der Waals surface area contributed by atoms with Crippen LogP contribution in [-0.2, 0) is 6.42 Å². The summed E-state index contributed by atoms with van der Waals surface area (Å²) in [5.41, 5.74) is -0.0271. The summed E-state index contributed by atoms with van der Waals surface area (Å²) < 4.78 is 31.8. The fourth-order valence-electron chi connectivity index (χ4n) is 2.11. The van der Waals surface area contributed by atoms with Gasteiger partial charge >= 0.3 is 0 Å². The second-order valence-electron chi connectivity index (χ2n) is 5.11. The first-order valence-electron chi connectivity index (χ1n) is 6.95. The van der Waals surface area contributed by atoms with Crippen molar-refractivity contribution >= 4 is 0 Å². The molecule has 0 fully saturated rings. The van der Waals surface area contributed by atoms with Gasteiger partial charge in [0.1, 0.15) is 17.4 Å². The van der Waals surface area contributed by atoms with Crippen LogP contribution in [0.15, 0.2) is 41.0 Å². The second kappa shape index (κ2) is 7.33. The highest BCUT2D eigenvalue weighted by molar-refractivity contribution is 5.21. The van der Waals surface area contributed by atoms with Crippen molar-refractivity contribution in [2.24, 2.45) is 0 Å². The van der Waals surface area contributed by atoms with E-state index in [9.17, 15) is 13.9 Å². The third kappa shape index (κ3) is 4.65. The largest absolute Gasteiger partial charge is 0.469 e. The lowest BCUT2D eigenvalue weighted by molar-refractivity contribution is 0.165. The van der Waals surface area contributed by atoms with Crippen LogP contribution >= 0.6 is 0 Å². The Hall–Kier alpha value is -1.72. The zero-order valence-electron chi connectivity index (χ0n) is 11.9. The van der Waals surface area contributed by atoms with Crippen molar-refractivity contribution in [2.75, 3.05) is 6.54 Å². The van der Waals surface area contributed by atoms with Crippen LogP contribution in [0.3, 0.4) is 0 Å². The molecule has 1 aromatic heterocycles. The van der Waals surface area contributed by atoms with Gasteiger partial charge < -0.3 is 14.8 Å². The molecule has 2 rings (SSSR count). The summed E-state index contributed by atoms with van der Waals surface area (Å²) in [7, 11) is 0. The van der Waals surface area contributed by atoms with Gasteiger partial charge in [0.05, 0.1) is 12.4 Å². The molecule has 0 radical (unpaired) electrons. The van der Waals surface area contributed by atoms with Crippen LogP contribution in [0.2, 0.25) is 0 Å². The molecule has 0 amide bonds. The van der Waals surface area contributed by atoms with Crippen molar-refractivity contribution in [3.8, 4) is 0 Å². The van der Waals surface area contributed by atoms with E-state index in [0.717, 1.165) is 36.8 Å². The van der Waals surface area contributed by atoms with Gasteiger partial charge in [-0.15, -0.1) is 0 Å². The maximum absolute atomic E-state index is 13.5. The first kappa shape index (κ1) is 15.7. The normalized spacial score (nSPS) is 14.1. The van der Waals surface area contributed by atoms with Gasteiger partial charge in [-0.25, -0.2) is 8.78 Å². The minimum Gasteiger partial charge on any atom is -0.469 e. The van der Waals surface area contributed by atoms with E-state index in [1.54, 1.807) is 6.26 Å². The quantitative estimate of drug-likeness (QED) is 0.824. The van der Waals surface area contributed by atoms with Gasteiger partial charge in [0.15, 0.2) is 0 Å². The van der Waals surface area contributed by atoms with Crippen molar-refractivity contribution in [1.29, 1.82) is 0 Å². The number of aliphatic hydroxyl groups is 1. The molecule has 0 saturated heterocycles. The number of hydrogen-bond acceptors (Lipinski definition) is 3. The number of aryl methyl sites for hydroxylation is 1. The predicted octanol–water partition coefficient (Wildman–Crippen LogP) is 3.20. The fraction of sp³-hybridized carbons (Fsp3) is 0.375. The summed E-state index contributed by atoms with van der Waals surface area (Å²) in [4.78, 5) is 0. The Balaban J connectivity index is 1.80. The maximum Gasteiger partial charge on any atom is 0.129 e. The third-order valence-electron chi connectivity index (χ3n) is 3.38. The molecule has 114 valence electrons. The number of benzene rings is 1. The topological polar surface area (TPSA) is 45.4 Å². The van der Waals surface area contributed by atoms with Crippen LogP contribution < -0.4 is 5.32 Å². The van der Waals surface area contributed by atoms with Crippen LogP contribution in [0.25, 0.3) is 0 Å². The van der Waals surface area contributed by atoms with Crippen molar-refractivity contribution in [3.63, 3.8) is 0 Å². The van der Waals surface area contributed by atoms with E-state index in [-0.39, 0.29) is 18.2 Å². The van der Waals surface area contributed by atoms with Crippen LogP contribution in [0.1, 0.15) is 30.8 Å². The average molecular weight is 295 g/mol.